The van der Waals surface area contributed by atoms with E-state index in [0.29, 0.717) is 5.82 Å². The lowest BCUT2D eigenvalue weighted by Crippen LogP contribution is -2.27. The van der Waals surface area contributed by atoms with Crippen LogP contribution >= 0.6 is 0 Å². The number of hydrogen-bond donors (Lipinski definition) is 1. The highest BCUT2D eigenvalue weighted by Crippen LogP contribution is 2.27. The molecule has 0 radical (unpaired) electrons. The Bertz CT molecular complexity index is 691. The third-order valence-corrected chi connectivity index (χ3v) is 4.43. The molecule has 114 valence electrons. The SMILES string of the molecule is CN(Cc1ncn[nH]1)S(=O)(=O)c1ccccc1OC(F)F. The van der Waals surface area contributed by atoms with E-state index in [2.05, 4.69) is 19.9 Å². The highest BCUT2D eigenvalue weighted by molar-refractivity contribution is 7.89. The summed E-state index contributed by atoms with van der Waals surface area (Å²) in [6.07, 6.45) is 1.24. The minimum atomic E-state index is -4.00. The second-order valence-corrected chi connectivity index (χ2v) is 6.03. The molecule has 0 aliphatic heterocycles. The van der Waals surface area contributed by atoms with E-state index in [1.807, 2.05) is 0 Å². The summed E-state index contributed by atoms with van der Waals surface area (Å²) in [5, 5.41) is 6.13. The predicted octanol–water partition coefficient (Wildman–Crippen LogP) is 1.23. The number of halogens is 2. The van der Waals surface area contributed by atoms with E-state index in [4.69, 9.17) is 0 Å². The average Bonchev–Trinajstić information content (AvgIpc) is 2.91. The molecular weight excluding hydrogens is 306 g/mol. The molecule has 0 aliphatic carbocycles. The van der Waals surface area contributed by atoms with Crippen LogP contribution in [0.25, 0.3) is 0 Å². The lowest BCUT2D eigenvalue weighted by Gasteiger charge is -2.18. The third-order valence-electron chi connectivity index (χ3n) is 2.59. The first-order chi connectivity index (χ1) is 9.91. The number of sulfonamides is 1. The van der Waals surface area contributed by atoms with Crippen LogP contribution in [0.3, 0.4) is 0 Å². The van der Waals surface area contributed by atoms with Crippen LogP contribution in [0.5, 0.6) is 5.75 Å². The van der Waals surface area contributed by atoms with Crippen LogP contribution in [-0.2, 0) is 16.6 Å². The van der Waals surface area contributed by atoms with E-state index in [1.165, 1.54) is 37.6 Å². The maximum absolute atomic E-state index is 12.4. The van der Waals surface area contributed by atoms with Gasteiger partial charge in [0, 0.05) is 7.05 Å². The number of aromatic amines is 1. The Labute approximate surface area is 119 Å². The summed E-state index contributed by atoms with van der Waals surface area (Å²) in [4.78, 5) is 3.47. The Kier molecular flexibility index (Phi) is 4.48. The number of rotatable bonds is 6. The maximum atomic E-state index is 12.4. The second-order valence-electron chi connectivity index (χ2n) is 4.02. The summed E-state index contributed by atoms with van der Waals surface area (Å²) in [7, 11) is -2.70. The fraction of sp³-hybridized carbons (Fsp3) is 0.273. The Morgan fingerprint density at radius 2 is 2.10 bits per heavy atom. The van der Waals surface area contributed by atoms with Gasteiger partial charge in [-0.2, -0.15) is 18.2 Å². The standard InChI is InChI=1S/C11H12F2N4O3S/c1-17(6-10-14-7-15-16-10)21(18,19)9-5-3-2-4-8(9)20-11(12)13/h2-5,7,11H,6H2,1H3,(H,14,15,16). The van der Waals surface area contributed by atoms with Gasteiger partial charge in [0.2, 0.25) is 10.0 Å². The fourth-order valence-corrected chi connectivity index (χ4v) is 2.88. The molecule has 0 fully saturated rings. The molecule has 0 saturated heterocycles. The van der Waals surface area contributed by atoms with Crippen LogP contribution in [0.2, 0.25) is 0 Å². The van der Waals surface area contributed by atoms with E-state index >= 15 is 0 Å². The van der Waals surface area contributed by atoms with Crippen LogP contribution in [0.1, 0.15) is 5.82 Å². The number of alkyl halides is 2. The number of nitrogens with zero attached hydrogens (tertiary/aromatic N) is 3. The molecule has 0 amide bonds. The molecule has 7 nitrogen and oxygen atoms in total. The van der Waals surface area contributed by atoms with Gasteiger partial charge in [0.25, 0.3) is 0 Å². The highest BCUT2D eigenvalue weighted by Gasteiger charge is 2.26. The molecular formula is C11H12F2N4O3S. The molecule has 10 heteroatoms. The quantitative estimate of drug-likeness (QED) is 0.865. The van der Waals surface area contributed by atoms with Gasteiger partial charge in [-0.25, -0.2) is 13.4 Å². The summed E-state index contributed by atoms with van der Waals surface area (Å²) >= 11 is 0. The summed E-state index contributed by atoms with van der Waals surface area (Å²) in [6.45, 7) is -3.19. The molecule has 2 rings (SSSR count). The van der Waals surface area contributed by atoms with E-state index in [9.17, 15) is 17.2 Å². The predicted molar refractivity (Wildman–Crippen MR) is 68.1 cm³/mol. The Morgan fingerprint density at radius 1 is 1.38 bits per heavy atom. The molecule has 2 aromatic rings. The Hall–Kier alpha value is -2.07. The number of nitrogens with one attached hydrogen (secondary N) is 1. The van der Waals surface area contributed by atoms with Crippen molar-refractivity contribution in [2.75, 3.05) is 7.05 Å². The topological polar surface area (TPSA) is 88.2 Å². The van der Waals surface area contributed by atoms with Crippen molar-refractivity contribution in [1.82, 2.24) is 19.5 Å². The van der Waals surface area contributed by atoms with E-state index in [-0.39, 0.29) is 11.4 Å². The van der Waals surface area contributed by atoms with Gasteiger partial charge < -0.3 is 4.74 Å². The van der Waals surface area contributed by atoms with Gasteiger partial charge in [-0.1, -0.05) is 12.1 Å². The minimum absolute atomic E-state index is 0.0780. The normalized spacial score (nSPS) is 12.0. The number of benzene rings is 1. The number of hydrogen-bond acceptors (Lipinski definition) is 5. The van der Waals surface area contributed by atoms with Gasteiger partial charge in [-0.05, 0) is 12.1 Å². The van der Waals surface area contributed by atoms with Crippen LogP contribution in [0, 0.1) is 0 Å². The molecule has 1 N–H and O–H groups in total. The van der Waals surface area contributed by atoms with Gasteiger partial charge in [-0.15, -0.1) is 0 Å². The van der Waals surface area contributed by atoms with Gasteiger partial charge in [0.15, 0.2) is 0 Å². The van der Waals surface area contributed by atoms with Crippen molar-refractivity contribution < 1.29 is 21.9 Å². The van der Waals surface area contributed by atoms with Crippen molar-refractivity contribution in [3.05, 3.63) is 36.4 Å². The lowest BCUT2D eigenvalue weighted by atomic mass is 10.3. The van der Waals surface area contributed by atoms with Gasteiger partial charge in [0.1, 0.15) is 22.8 Å². The van der Waals surface area contributed by atoms with E-state index in [0.717, 1.165) is 4.31 Å². The summed E-state index contributed by atoms with van der Waals surface area (Å²) in [5.74, 6) is -0.0785. The summed E-state index contributed by atoms with van der Waals surface area (Å²) < 4.78 is 54.7. The van der Waals surface area contributed by atoms with Gasteiger partial charge >= 0.3 is 6.61 Å². The second kappa shape index (κ2) is 6.14. The lowest BCUT2D eigenvalue weighted by molar-refractivity contribution is -0.0517. The maximum Gasteiger partial charge on any atom is 0.387 e. The van der Waals surface area contributed by atoms with Crippen molar-refractivity contribution in [2.24, 2.45) is 0 Å². The first-order valence-corrected chi connectivity index (χ1v) is 7.19. The van der Waals surface area contributed by atoms with Crippen LogP contribution in [-0.4, -0.2) is 41.6 Å². The van der Waals surface area contributed by atoms with Crippen molar-refractivity contribution in [3.63, 3.8) is 0 Å². The van der Waals surface area contributed by atoms with Crippen LogP contribution < -0.4 is 4.74 Å². The summed E-state index contributed by atoms with van der Waals surface area (Å²) in [5.41, 5.74) is 0. The van der Waals surface area contributed by atoms with E-state index < -0.39 is 22.4 Å². The minimum Gasteiger partial charge on any atom is -0.433 e. The molecule has 21 heavy (non-hydrogen) atoms. The molecule has 0 atom stereocenters. The molecule has 0 saturated carbocycles. The number of para-hydroxylation sites is 1. The molecule has 0 bridgehead atoms. The molecule has 1 aromatic heterocycles. The van der Waals surface area contributed by atoms with Crippen LogP contribution in [0.15, 0.2) is 35.5 Å². The fourth-order valence-electron chi connectivity index (χ4n) is 1.63. The first kappa shape index (κ1) is 15.3. The number of ether oxygens (including phenoxy) is 1. The zero-order chi connectivity index (χ0) is 15.5. The number of H-pyrrole nitrogens is 1. The van der Waals surface area contributed by atoms with Gasteiger partial charge in [0.05, 0.1) is 6.54 Å². The zero-order valence-corrected chi connectivity index (χ0v) is 11.7. The van der Waals surface area contributed by atoms with Crippen LogP contribution in [0.4, 0.5) is 8.78 Å². The highest BCUT2D eigenvalue weighted by atomic mass is 32.2. The van der Waals surface area contributed by atoms with Crippen molar-refractivity contribution in [2.45, 2.75) is 18.1 Å². The smallest absolute Gasteiger partial charge is 0.387 e. The van der Waals surface area contributed by atoms with E-state index in [1.54, 1.807) is 0 Å². The monoisotopic (exact) mass is 318 g/mol. The molecule has 1 aromatic carbocycles. The largest absolute Gasteiger partial charge is 0.433 e. The van der Waals surface area contributed by atoms with Crippen molar-refractivity contribution in [1.29, 1.82) is 0 Å². The number of aromatic nitrogens is 3. The first-order valence-electron chi connectivity index (χ1n) is 5.75. The average molecular weight is 318 g/mol. The molecule has 0 spiro atoms. The Morgan fingerprint density at radius 3 is 2.71 bits per heavy atom. The Balaban J connectivity index is 2.30. The van der Waals surface area contributed by atoms with Crippen molar-refractivity contribution in [3.8, 4) is 5.75 Å². The van der Waals surface area contributed by atoms with Crippen molar-refractivity contribution >= 4 is 10.0 Å². The van der Waals surface area contributed by atoms with Gasteiger partial charge in [-0.3, -0.25) is 5.10 Å². The molecule has 0 unspecified atom stereocenters. The third kappa shape index (κ3) is 3.52. The summed E-state index contributed by atoms with van der Waals surface area (Å²) in [6, 6.07) is 5.20. The zero-order valence-electron chi connectivity index (χ0n) is 10.9. The molecule has 0 aliphatic rings. The molecule has 1 heterocycles.